The summed E-state index contributed by atoms with van der Waals surface area (Å²) in [5.41, 5.74) is 1.12. The number of carbonyl (C=O) groups is 1. The number of anilines is 2. The van der Waals surface area contributed by atoms with E-state index in [1.54, 1.807) is 20.2 Å². The zero-order chi connectivity index (χ0) is 21.8. The van der Waals surface area contributed by atoms with E-state index in [0.29, 0.717) is 22.9 Å². The fourth-order valence-electron chi connectivity index (χ4n) is 2.68. The number of pyridine rings is 2. The van der Waals surface area contributed by atoms with Crippen LogP contribution in [0.2, 0.25) is 0 Å². The first-order valence-corrected chi connectivity index (χ1v) is 8.61. The van der Waals surface area contributed by atoms with Gasteiger partial charge in [-0.3, -0.25) is 9.59 Å². The van der Waals surface area contributed by atoms with Crippen molar-refractivity contribution in [3.63, 3.8) is 0 Å². The highest BCUT2D eigenvalue weighted by atomic mass is 19.1. The molecule has 1 amide bonds. The second-order valence-corrected chi connectivity index (χ2v) is 6.16. The Kier molecular flexibility index (Phi) is 5.78. The van der Waals surface area contributed by atoms with Crippen LogP contribution in [0.4, 0.5) is 20.2 Å². The first-order valence-electron chi connectivity index (χ1n) is 8.61. The summed E-state index contributed by atoms with van der Waals surface area (Å²) in [6, 6.07) is 5.93. The second-order valence-electron chi connectivity index (χ2n) is 6.16. The topological polar surface area (TPSA) is 85.2 Å². The van der Waals surface area contributed by atoms with E-state index in [2.05, 4.69) is 15.6 Å². The molecule has 152 valence electrons. The second kappa shape index (κ2) is 8.45. The number of carbonyl (C=O) groups excluding carboxylic acids is 1. The summed E-state index contributed by atoms with van der Waals surface area (Å²) in [5.74, 6) is -0.698. The molecule has 0 spiro atoms. The van der Waals surface area contributed by atoms with Crippen LogP contribution < -0.4 is 20.9 Å². The molecule has 0 saturated carbocycles. The highest BCUT2D eigenvalue weighted by molar-refractivity contribution is 6.03. The molecule has 0 aliphatic rings. The predicted octanol–water partition coefficient (Wildman–Crippen LogP) is 3.13. The quantitative estimate of drug-likeness (QED) is 0.632. The predicted molar refractivity (Wildman–Crippen MR) is 108 cm³/mol. The number of amides is 1. The van der Waals surface area contributed by atoms with Crippen LogP contribution in [0.1, 0.15) is 0 Å². The third-order valence-corrected chi connectivity index (χ3v) is 4.10. The third-order valence-electron chi connectivity index (χ3n) is 4.10. The first kappa shape index (κ1) is 20.5. The van der Waals surface area contributed by atoms with E-state index in [1.807, 2.05) is 5.92 Å². The number of nitrogens with zero attached hydrogens (tertiary/aromatic N) is 2. The monoisotopic (exact) mass is 410 g/mol. The lowest BCUT2D eigenvalue weighted by Gasteiger charge is -2.14. The lowest BCUT2D eigenvalue weighted by Crippen LogP contribution is -2.19. The highest BCUT2D eigenvalue weighted by Gasteiger charge is 2.16. The third kappa shape index (κ3) is 4.28. The van der Waals surface area contributed by atoms with Crippen molar-refractivity contribution in [3.05, 3.63) is 64.7 Å². The number of hydrogen-bond acceptors (Lipinski definition) is 5. The van der Waals surface area contributed by atoms with Gasteiger partial charge in [-0.1, -0.05) is 0 Å². The highest BCUT2D eigenvalue weighted by Crippen LogP contribution is 2.35. The molecule has 9 heteroatoms. The van der Waals surface area contributed by atoms with E-state index >= 15 is 0 Å². The molecule has 0 atom stereocenters. The number of rotatable bonds is 5. The summed E-state index contributed by atoms with van der Waals surface area (Å²) in [6.45, 7) is 0. The lowest BCUT2D eigenvalue weighted by atomic mass is 10.1. The fourth-order valence-corrected chi connectivity index (χ4v) is 2.68. The zero-order valence-corrected chi connectivity index (χ0v) is 16.0. The number of ether oxygens (including phenoxy) is 1. The van der Waals surface area contributed by atoms with Crippen molar-refractivity contribution in [3.8, 4) is 35.1 Å². The van der Waals surface area contributed by atoms with Crippen LogP contribution in [-0.2, 0) is 11.8 Å². The number of hydrogen-bond donors (Lipinski definition) is 2. The smallest absolute Gasteiger partial charge is 0.300 e. The minimum atomic E-state index is -0.913. The van der Waals surface area contributed by atoms with Gasteiger partial charge in [0.15, 0.2) is 11.6 Å². The molecule has 2 aromatic heterocycles. The van der Waals surface area contributed by atoms with Crippen molar-refractivity contribution >= 4 is 17.3 Å². The lowest BCUT2D eigenvalue weighted by molar-refractivity contribution is -0.111. The Morgan fingerprint density at radius 3 is 2.70 bits per heavy atom. The summed E-state index contributed by atoms with van der Waals surface area (Å²) in [7, 11) is 3.15. The average Bonchev–Trinajstić information content (AvgIpc) is 2.72. The van der Waals surface area contributed by atoms with Crippen molar-refractivity contribution in [2.24, 2.45) is 7.05 Å². The molecule has 0 unspecified atom stereocenters. The van der Waals surface area contributed by atoms with E-state index < -0.39 is 17.5 Å². The van der Waals surface area contributed by atoms with Crippen molar-refractivity contribution in [2.75, 3.05) is 17.7 Å². The van der Waals surface area contributed by atoms with Crippen molar-refractivity contribution in [1.29, 1.82) is 0 Å². The molecule has 7 nitrogen and oxygen atoms in total. The molecule has 0 aliphatic heterocycles. The van der Waals surface area contributed by atoms with Crippen LogP contribution >= 0.6 is 0 Å². The Balaban J connectivity index is 2.15. The van der Waals surface area contributed by atoms with Gasteiger partial charge in [0.2, 0.25) is 5.88 Å². The molecule has 0 radical (unpaired) electrons. The minimum absolute atomic E-state index is 0.0279. The van der Waals surface area contributed by atoms with Gasteiger partial charge in [0, 0.05) is 37.5 Å². The first-order chi connectivity index (χ1) is 14.3. The number of halogens is 2. The molecule has 0 fully saturated rings. The van der Waals surface area contributed by atoms with Crippen molar-refractivity contribution < 1.29 is 18.3 Å². The van der Waals surface area contributed by atoms with Crippen molar-refractivity contribution in [1.82, 2.24) is 9.55 Å². The SMILES string of the molecule is C#CC(=O)Nc1cnc(Oc2ccc(F)cc2F)c(-c2cc(NC)c(=O)n(C)c2)c1. The standard InChI is InChI=1S/C21H16F2N4O3/c1-4-19(28)26-14-9-15(12-7-17(24-2)21(29)27(3)11-12)20(25-10-14)30-18-6-5-13(22)8-16(18)23/h1,5-11,24H,2-3H3,(H,26,28). The molecule has 3 rings (SSSR count). The molecule has 0 saturated heterocycles. The summed E-state index contributed by atoms with van der Waals surface area (Å²) in [4.78, 5) is 27.8. The van der Waals surface area contributed by atoms with Gasteiger partial charge in [-0.15, -0.1) is 6.42 Å². The van der Waals surface area contributed by atoms with Gasteiger partial charge in [0.05, 0.1) is 11.9 Å². The maximum absolute atomic E-state index is 14.1. The van der Waals surface area contributed by atoms with Crippen LogP contribution in [0.15, 0.2) is 47.5 Å². The maximum Gasteiger partial charge on any atom is 0.300 e. The number of aryl methyl sites for hydroxylation is 1. The normalized spacial score (nSPS) is 10.2. The summed E-state index contributed by atoms with van der Waals surface area (Å²) < 4.78 is 34.2. The fraction of sp³-hybridized carbons (Fsp3) is 0.0952. The van der Waals surface area contributed by atoms with Gasteiger partial charge >= 0.3 is 0 Å². The van der Waals surface area contributed by atoms with Crippen LogP contribution in [-0.4, -0.2) is 22.5 Å². The molecule has 2 heterocycles. The van der Waals surface area contributed by atoms with Crippen LogP contribution in [0.3, 0.4) is 0 Å². The number of benzene rings is 1. The molecular formula is C21H16F2N4O3. The Morgan fingerprint density at radius 2 is 2.03 bits per heavy atom. The molecule has 0 bridgehead atoms. The maximum atomic E-state index is 14.1. The van der Waals surface area contributed by atoms with Crippen LogP contribution in [0.5, 0.6) is 11.6 Å². The van der Waals surface area contributed by atoms with E-state index in [0.717, 1.165) is 12.1 Å². The summed E-state index contributed by atoms with van der Waals surface area (Å²) >= 11 is 0. The molecule has 1 aromatic carbocycles. The summed E-state index contributed by atoms with van der Waals surface area (Å²) in [5, 5.41) is 5.26. The Hall–Kier alpha value is -4.19. The van der Waals surface area contributed by atoms with E-state index in [4.69, 9.17) is 11.2 Å². The van der Waals surface area contributed by atoms with Crippen molar-refractivity contribution in [2.45, 2.75) is 0 Å². The van der Waals surface area contributed by atoms with Gasteiger partial charge in [-0.25, -0.2) is 13.8 Å². The van der Waals surface area contributed by atoms with E-state index in [-0.39, 0.29) is 22.9 Å². The Morgan fingerprint density at radius 1 is 1.27 bits per heavy atom. The van der Waals surface area contributed by atoms with Crippen LogP contribution in [0, 0.1) is 24.0 Å². The number of terminal acetylenes is 1. The molecule has 3 aromatic rings. The minimum Gasteiger partial charge on any atom is -0.435 e. The van der Waals surface area contributed by atoms with Gasteiger partial charge in [0.25, 0.3) is 11.5 Å². The molecule has 2 N–H and O–H groups in total. The van der Waals surface area contributed by atoms with E-state index in [1.165, 1.54) is 23.0 Å². The van der Waals surface area contributed by atoms with Gasteiger partial charge < -0.3 is 19.9 Å². The Labute approximate surface area is 170 Å². The largest absolute Gasteiger partial charge is 0.435 e. The van der Waals surface area contributed by atoms with Gasteiger partial charge in [-0.2, -0.15) is 0 Å². The Bertz CT molecular complexity index is 1230. The molecule has 0 aliphatic carbocycles. The zero-order valence-electron chi connectivity index (χ0n) is 16.0. The molecular weight excluding hydrogens is 394 g/mol. The molecule has 30 heavy (non-hydrogen) atoms. The van der Waals surface area contributed by atoms with Crippen LogP contribution in [0.25, 0.3) is 11.1 Å². The number of nitrogens with one attached hydrogen (secondary N) is 2. The summed E-state index contributed by atoms with van der Waals surface area (Å²) in [6.07, 6.45) is 7.88. The average molecular weight is 410 g/mol. The van der Waals surface area contributed by atoms with Gasteiger partial charge in [-0.05, 0) is 30.2 Å². The number of aromatic nitrogens is 2. The van der Waals surface area contributed by atoms with E-state index in [9.17, 15) is 18.4 Å². The van der Waals surface area contributed by atoms with Gasteiger partial charge in [0.1, 0.15) is 11.5 Å².